The fourth-order valence-corrected chi connectivity index (χ4v) is 4.50. The Balaban J connectivity index is 2.44. The van der Waals surface area contributed by atoms with Crippen LogP contribution in [-0.2, 0) is 19.4 Å². The van der Waals surface area contributed by atoms with E-state index in [0.29, 0.717) is 11.5 Å². The Hall–Kier alpha value is -1.16. The molecule has 0 amide bonds. The Kier molecular flexibility index (Phi) is 4.05. The average Bonchev–Trinajstić information content (AvgIpc) is 2.36. The number of hydrogen-bond acceptors (Lipinski definition) is 4. The van der Waals surface area contributed by atoms with Crippen molar-refractivity contribution in [1.82, 2.24) is 0 Å². The van der Waals surface area contributed by atoms with Gasteiger partial charge in [0, 0.05) is 5.57 Å². The predicted octanol–water partition coefficient (Wildman–Crippen LogP) is 3.07. The molecule has 0 aromatic carbocycles. The first-order valence-corrected chi connectivity index (χ1v) is 7.26. The van der Waals surface area contributed by atoms with Crippen LogP contribution in [-0.4, -0.2) is 19.4 Å². The van der Waals surface area contributed by atoms with Gasteiger partial charge in [-0.1, -0.05) is 33.3 Å². The summed E-state index contributed by atoms with van der Waals surface area (Å²) in [5.74, 6) is -0.587. The van der Waals surface area contributed by atoms with Crippen LogP contribution in [0.4, 0.5) is 0 Å². The fourth-order valence-electron chi connectivity index (χ4n) is 4.50. The third-order valence-corrected chi connectivity index (χ3v) is 5.40. The molecule has 0 heterocycles. The molecule has 0 aromatic rings. The highest BCUT2D eigenvalue weighted by atomic mass is 17.2. The zero-order valence-corrected chi connectivity index (χ0v) is 12.8. The Morgan fingerprint density at radius 3 is 2.65 bits per heavy atom. The second kappa shape index (κ2) is 5.32. The molecule has 1 fully saturated rings. The summed E-state index contributed by atoms with van der Waals surface area (Å²) in [7, 11) is 1.32. The van der Waals surface area contributed by atoms with Gasteiger partial charge in [-0.3, -0.25) is 9.68 Å². The molecule has 20 heavy (non-hydrogen) atoms. The van der Waals surface area contributed by atoms with Crippen molar-refractivity contribution in [3.8, 4) is 0 Å². The third kappa shape index (κ3) is 2.30. The van der Waals surface area contributed by atoms with Crippen LogP contribution in [0.2, 0.25) is 0 Å². The van der Waals surface area contributed by atoms with Crippen molar-refractivity contribution in [2.45, 2.75) is 46.5 Å². The fraction of sp³-hybridized carbons (Fsp3) is 0.750. The van der Waals surface area contributed by atoms with Crippen LogP contribution in [0.1, 0.15) is 46.5 Å². The van der Waals surface area contributed by atoms with Crippen LogP contribution in [0.15, 0.2) is 11.6 Å². The third-order valence-electron chi connectivity index (χ3n) is 5.40. The van der Waals surface area contributed by atoms with Crippen molar-refractivity contribution in [2.75, 3.05) is 7.11 Å². The van der Waals surface area contributed by atoms with Gasteiger partial charge in [-0.25, -0.2) is 4.79 Å². The van der Waals surface area contributed by atoms with Crippen molar-refractivity contribution < 1.29 is 19.4 Å². The maximum atomic E-state index is 12.3. The summed E-state index contributed by atoms with van der Waals surface area (Å²) in [5, 5.41) is 0. The van der Waals surface area contributed by atoms with Gasteiger partial charge < -0.3 is 0 Å². The number of hydrogen-bond donors (Lipinski definition) is 0. The molecule has 3 unspecified atom stereocenters. The SMILES string of the molecule is COOC(=O)C1C(C=O)=CCC2C(C)(C)CCCC12C. The van der Waals surface area contributed by atoms with Crippen molar-refractivity contribution in [2.24, 2.45) is 22.7 Å². The maximum Gasteiger partial charge on any atom is 0.350 e. The standard InChI is InChI=1S/C16H24O4/c1-15(2)8-5-9-16(3)12(15)7-6-11(10-17)13(16)14(18)20-19-4/h6,10,12-13H,5,7-9H2,1-4H3. The van der Waals surface area contributed by atoms with Crippen molar-refractivity contribution in [3.63, 3.8) is 0 Å². The summed E-state index contributed by atoms with van der Waals surface area (Å²) in [6, 6.07) is 0. The number of rotatable bonds is 3. The van der Waals surface area contributed by atoms with Gasteiger partial charge in [0.2, 0.25) is 0 Å². The van der Waals surface area contributed by atoms with Gasteiger partial charge in [-0.05, 0) is 36.0 Å². The van der Waals surface area contributed by atoms with E-state index in [9.17, 15) is 9.59 Å². The Morgan fingerprint density at radius 1 is 1.35 bits per heavy atom. The molecule has 4 heteroatoms. The lowest BCUT2D eigenvalue weighted by Crippen LogP contribution is -2.51. The second-order valence-corrected chi connectivity index (χ2v) is 6.96. The van der Waals surface area contributed by atoms with E-state index >= 15 is 0 Å². The van der Waals surface area contributed by atoms with E-state index in [1.54, 1.807) is 0 Å². The number of aldehydes is 1. The summed E-state index contributed by atoms with van der Waals surface area (Å²) in [6.07, 6.45) is 6.73. The van der Waals surface area contributed by atoms with E-state index in [-0.39, 0.29) is 10.8 Å². The highest BCUT2D eigenvalue weighted by Gasteiger charge is 2.55. The minimum absolute atomic E-state index is 0.170. The lowest BCUT2D eigenvalue weighted by Gasteiger charge is -2.55. The number of carbonyl (C=O) groups is 2. The van der Waals surface area contributed by atoms with Gasteiger partial charge in [-0.15, -0.1) is 0 Å². The molecule has 112 valence electrons. The number of fused-ring (bicyclic) bond motifs is 1. The zero-order valence-electron chi connectivity index (χ0n) is 12.8. The molecule has 0 spiro atoms. The summed E-state index contributed by atoms with van der Waals surface area (Å²) in [4.78, 5) is 32.9. The van der Waals surface area contributed by atoms with Crippen molar-refractivity contribution in [3.05, 3.63) is 11.6 Å². The molecule has 1 saturated carbocycles. The molecule has 2 aliphatic rings. The second-order valence-electron chi connectivity index (χ2n) is 6.96. The lowest BCUT2D eigenvalue weighted by molar-refractivity contribution is -0.263. The molecule has 4 nitrogen and oxygen atoms in total. The smallest absolute Gasteiger partial charge is 0.298 e. The molecule has 0 saturated heterocycles. The van der Waals surface area contributed by atoms with Crippen LogP contribution in [0.5, 0.6) is 0 Å². The Bertz CT molecular complexity index is 438. The summed E-state index contributed by atoms with van der Waals surface area (Å²) >= 11 is 0. The van der Waals surface area contributed by atoms with E-state index in [1.165, 1.54) is 7.11 Å². The van der Waals surface area contributed by atoms with Crippen LogP contribution in [0.3, 0.4) is 0 Å². The first-order chi connectivity index (χ1) is 9.36. The molecular weight excluding hydrogens is 256 g/mol. The summed E-state index contributed by atoms with van der Waals surface area (Å²) in [5.41, 5.74) is 0.481. The lowest BCUT2D eigenvalue weighted by atomic mass is 9.48. The maximum absolute atomic E-state index is 12.3. The average molecular weight is 280 g/mol. The molecule has 0 aromatic heterocycles. The highest BCUT2D eigenvalue weighted by Crippen LogP contribution is 2.59. The van der Waals surface area contributed by atoms with E-state index in [2.05, 4.69) is 25.7 Å². The van der Waals surface area contributed by atoms with Gasteiger partial charge in [-0.2, -0.15) is 4.89 Å². The van der Waals surface area contributed by atoms with Crippen LogP contribution in [0, 0.1) is 22.7 Å². The molecule has 2 rings (SSSR count). The number of carbonyl (C=O) groups excluding carboxylic acids is 2. The highest BCUT2D eigenvalue weighted by molar-refractivity contribution is 5.88. The molecular formula is C16H24O4. The quantitative estimate of drug-likeness (QED) is 0.453. The van der Waals surface area contributed by atoms with Crippen LogP contribution >= 0.6 is 0 Å². The van der Waals surface area contributed by atoms with Gasteiger partial charge >= 0.3 is 5.97 Å². The minimum Gasteiger partial charge on any atom is -0.298 e. The first kappa shape index (κ1) is 15.2. The molecule has 0 radical (unpaired) electrons. The molecule has 3 atom stereocenters. The predicted molar refractivity (Wildman–Crippen MR) is 74.6 cm³/mol. The van der Waals surface area contributed by atoms with E-state index in [4.69, 9.17) is 4.89 Å². The summed E-state index contributed by atoms with van der Waals surface area (Å²) in [6.45, 7) is 6.64. The Labute approximate surface area is 120 Å². The van der Waals surface area contributed by atoms with Gasteiger partial charge in [0.1, 0.15) is 6.29 Å². The van der Waals surface area contributed by atoms with E-state index < -0.39 is 11.9 Å². The van der Waals surface area contributed by atoms with Gasteiger partial charge in [0.05, 0.1) is 13.0 Å². The molecule has 0 bridgehead atoms. The molecule has 0 N–H and O–H groups in total. The first-order valence-electron chi connectivity index (χ1n) is 7.26. The Morgan fingerprint density at radius 2 is 2.05 bits per heavy atom. The monoisotopic (exact) mass is 280 g/mol. The van der Waals surface area contributed by atoms with E-state index in [0.717, 1.165) is 32.0 Å². The van der Waals surface area contributed by atoms with Crippen LogP contribution in [0.25, 0.3) is 0 Å². The molecule has 2 aliphatic carbocycles. The van der Waals surface area contributed by atoms with Crippen LogP contribution < -0.4 is 0 Å². The largest absolute Gasteiger partial charge is 0.350 e. The normalized spacial score (nSPS) is 35.7. The van der Waals surface area contributed by atoms with Crippen molar-refractivity contribution in [1.29, 1.82) is 0 Å². The van der Waals surface area contributed by atoms with Gasteiger partial charge in [0.25, 0.3) is 0 Å². The molecule has 0 aliphatic heterocycles. The van der Waals surface area contributed by atoms with Gasteiger partial charge in [0.15, 0.2) is 0 Å². The van der Waals surface area contributed by atoms with E-state index in [1.807, 2.05) is 6.08 Å². The van der Waals surface area contributed by atoms with Crippen molar-refractivity contribution >= 4 is 12.3 Å². The number of allylic oxidation sites excluding steroid dienone is 1. The topological polar surface area (TPSA) is 52.6 Å². The summed E-state index contributed by atoms with van der Waals surface area (Å²) < 4.78 is 0. The zero-order chi connectivity index (χ0) is 15.0. The minimum atomic E-state index is -0.515.